The third kappa shape index (κ3) is 4.97. The number of aryl methyl sites for hydroxylation is 1. The van der Waals surface area contributed by atoms with Crippen LogP contribution in [-0.2, 0) is 6.18 Å². The van der Waals surface area contributed by atoms with Crippen LogP contribution in [0.2, 0.25) is 0 Å². The maximum Gasteiger partial charge on any atom is 0.419 e. The molecule has 3 rings (SSSR count). The van der Waals surface area contributed by atoms with Gasteiger partial charge in [0.15, 0.2) is 0 Å². The molecule has 2 aromatic carbocycles. The van der Waals surface area contributed by atoms with Gasteiger partial charge in [0.05, 0.1) is 16.8 Å². The van der Waals surface area contributed by atoms with E-state index in [1.165, 1.54) is 30.3 Å². The SMILES string of the molecule is Cc1nc(C(C)C)ccc1C(=O)Nc1ccc(Oc2ccccc2C(F)(F)F)cc1. The van der Waals surface area contributed by atoms with E-state index in [9.17, 15) is 18.0 Å². The molecule has 0 spiro atoms. The molecule has 0 radical (unpaired) electrons. The van der Waals surface area contributed by atoms with Crippen molar-refractivity contribution in [3.8, 4) is 11.5 Å². The number of carbonyl (C=O) groups excluding carboxylic acids is 1. The first-order valence-electron chi connectivity index (χ1n) is 9.38. The Kier molecular flexibility index (Phi) is 6.10. The molecule has 0 fully saturated rings. The van der Waals surface area contributed by atoms with E-state index in [4.69, 9.17) is 4.74 Å². The highest BCUT2D eigenvalue weighted by atomic mass is 19.4. The molecule has 0 aliphatic rings. The predicted octanol–water partition coefficient (Wildman–Crippen LogP) is 6.58. The van der Waals surface area contributed by atoms with E-state index < -0.39 is 11.7 Å². The van der Waals surface area contributed by atoms with Crippen LogP contribution in [0.15, 0.2) is 60.7 Å². The van der Waals surface area contributed by atoms with E-state index >= 15 is 0 Å². The summed E-state index contributed by atoms with van der Waals surface area (Å²) in [5.74, 6) is -0.111. The number of alkyl halides is 3. The van der Waals surface area contributed by atoms with Gasteiger partial charge in [-0.3, -0.25) is 9.78 Å². The zero-order valence-electron chi connectivity index (χ0n) is 16.7. The Hall–Kier alpha value is -3.35. The fourth-order valence-corrected chi connectivity index (χ4v) is 2.86. The number of para-hydroxylation sites is 1. The first kappa shape index (κ1) is 21.4. The van der Waals surface area contributed by atoms with E-state index in [0.717, 1.165) is 11.8 Å². The Morgan fingerprint density at radius 2 is 1.67 bits per heavy atom. The molecule has 1 N–H and O–H groups in total. The number of pyridine rings is 1. The Balaban J connectivity index is 1.72. The fourth-order valence-electron chi connectivity index (χ4n) is 2.86. The molecule has 4 nitrogen and oxygen atoms in total. The second-order valence-corrected chi connectivity index (χ2v) is 7.10. The smallest absolute Gasteiger partial charge is 0.419 e. The van der Waals surface area contributed by atoms with Gasteiger partial charge in [-0.2, -0.15) is 13.2 Å². The summed E-state index contributed by atoms with van der Waals surface area (Å²) in [6.45, 7) is 5.83. The van der Waals surface area contributed by atoms with Gasteiger partial charge in [0.1, 0.15) is 11.5 Å². The number of hydrogen-bond donors (Lipinski definition) is 1. The summed E-state index contributed by atoms with van der Waals surface area (Å²) in [6.07, 6.45) is -4.51. The predicted molar refractivity (Wildman–Crippen MR) is 109 cm³/mol. The summed E-state index contributed by atoms with van der Waals surface area (Å²) in [6, 6.07) is 14.7. The van der Waals surface area contributed by atoms with E-state index in [1.54, 1.807) is 25.1 Å². The Bertz CT molecular complexity index is 1050. The molecule has 156 valence electrons. The summed E-state index contributed by atoms with van der Waals surface area (Å²) >= 11 is 0. The number of amides is 1. The summed E-state index contributed by atoms with van der Waals surface area (Å²) in [4.78, 5) is 17.0. The van der Waals surface area contributed by atoms with Crippen molar-refractivity contribution < 1.29 is 22.7 Å². The average Bonchev–Trinajstić information content (AvgIpc) is 2.69. The van der Waals surface area contributed by atoms with Gasteiger partial charge in [-0.25, -0.2) is 0 Å². The van der Waals surface area contributed by atoms with Gasteiger partial charge in [0.2, 0.25) is 0 Å². The van der Waals surface area contributed by atoms with Gasteiger partial charge >= 0.3 is 6.18 Å². The van der Waals surface area contributed by atoms with Crippen LogP contribution in [0.3, 0.4) is 0 Å². The van der Waals surface area contributed by atoms with E-state index in [2.05, 4.69) is 10.3 Å². The third-order valence-electron chi connectivity index (χ3n) is 4.48. The Morgan fingerprint density at radius 3 is 2.27 bits per heavy atom. The lowest BCUT2D eigenvalue weighted by Gasteiger charge is -2.14. The van der Waals surface area contributed by atoms with Crippen LogP contribution >= 0.6 is 0 Å². The van der Waals surface area contributed by atoms with Gasteiger partial charge < -0.3 is 10.1 Å². The number of ether oxygens (including phenoxy) is 1. The van der Waals surface area contributed by atoms with E-state index in [1.807, 2.05) is 19.9 Å². The van der Waals surface area contributed by atoms with Crippen LogP contribution in [-0.4, -0.2) is 10.9 Å². The molecule has 0 aliphatic carbocycles. The van der Waals surface area contributed by atoms with Crippen molar-refractivity contribution in [1.82, 2.24) is 4.98 Å². The number of rotatable bonds is 5. The number of nitrogens with one attached hydrogen (secondary N) is 1. The van der Waals surface area contributed by atoms with Crippen molar-refractivity contribution in [3.63, 3.8) is 0 Å². The maximum atomic E-state index is 13.1. The molecular formula is C23H21F3N2O2. The Morgan fingerprint density at radius 1 is 1.00 bits per heavy atom. The van der Waals surface area contributed by atoms with Crippen LogP contribution in [0.4, 0.5) is 18.9 Å². The number of halogens is 3. The highest BCUT2D eigenvalue weighted by molar-refractivity contribution is 6.05. The first-order valence-corrected chi connectivity index (χ1v) is 9.38. The molecule has 0 atom stereocenters. The maximum absolute atomic E-state index is 13.1. The lowest BCUT2D eigenvalue weighted by Crippen LogP contribution is -2.14. The molecular weight excluding hydrogens is 393 g/mol. The zero-order valence-corrected chi connectivity index (χ0v) is 16.7. The summed E-state index contributed by atoms with van der Waals surface area (Å²) in [5, 5.41) is 2.76. The van der Waals surface area contributed by atoms with Crippen LogP contribution < -0.4 is 10.1 Å². The molecule has 0 saturated carbocycles. The highest BCUT2D eigenvalue weighted by Crippen LogP contribution is 2.38. The van der Waals surface area contributed by atoms with E-state index in [0.29, 0.717) is 16.9 Å². The topological polar surface area (TPSA) is 51.2 Å². The third-order valence-corrected chi connectivity index (χ3v) is 4.48. The van der Waals surface area contributed by atoms with Crippen molar-refractivity contribution >= 4 is 11.6 Å². The minimum atomic E-state index is -4.51. The largest absolute Gasteiger partial charge is 0.457 e. The quantitative estimate of drug-likeness (QED) is 0.513. The minimum Gasteiger partial charge on any atom is -0.457 e. The number of benzene rings is 2. The van der Waals surface area contributed by atoms with Crippen molar-refractivity contribution in [1.29, 1.82) is 0 Å². The molecule has 7 heteroatoms. The number of anilines is 1. The fraction of sp³-hybridized carbons (Fsp3) is 0.217. The van der Waals surface area contributed by atoms with Gasteiger partial charge in [-0.15, -0.1) is 0 Å². The second-order valence-electron chi connectivity index (χ2n) is 7.10. The normalized spacial score (nSPS) is 11.4. The molecule has 1 amide bonds. The molecule has 0 unspecified atom stereocenters. The lowest BCUT2D eigenvalue weighted by atomic mass is 10.1. The molecule has 3 aromatic rings. The van der Waals surface area contributed by atoms with Crippen LogP contribution in [0.1, 0.15) is 47.1 Å². The summed E-state index contributed by atoms with van der Waals surface area (Å²) in [7, 11) is 0. The van der Waals surface area contributed by atoms with Crippen LogP contribution in [0, 0.1) is 6.92 Å². The van der Waals surface area contributed by atoms with Gasteiger partial charge in [0, 0.05) is 11.4 Å². The van der Waals surface area contributed by atoms with Crippen molar-refractivity contribution in [2.45, 2.75) is 32.9 Å². The Labute approximate surface area is 172 Å². The molecule has 0 aliphatic heterocycles. The standard InChI is InChI=1S/C23H21F3N2O2/c1-14(2)20-13-12-18(15(3)27-20)22(29)28-16-8-10-17(11-9-16)30-21-7-5-4-6-19(21)23(24,25)26/h4-14H,1-3H3,(H,28,29). The molecule has 30 heavy (non-hydrogen) atoms. The van der Waals surface area contributed by atoms with Crippen molar-refractivity contribution in [3.05, 3.63) is 83.2 Å². The number of aromatic nitrogens is 1. The zero-order chi connectivity index (χ0) is 21.9. The molecule has 0 bridgehead atoms. The molecule has 1 aromatic heterocycles. The van der Waals surface area contributed by atoms with Gasteiger partial charge in [-0.05, 0) is 61.4 Å². The number of hydrogen-bond acceptors (Lipinski definition) is 3. The van der Waals surface area contributed by atoms with Gasteiger partial charge in [-0.1, -0.05) is 26.0 Å². The molecule has 0 saturated heterocycles. The average molecular weight is 414 g/mol. The van der Waals surface area contributed by atoms with Crippen LogP contribution in [0.5, 0.6) is 11.5 Å². The van der Waals surface area contributed by atoms with E-state index in [-0.39, 0.29) is 23.3 Å². The monoisotopic (exact) mass is 414 g/mol. The summed E-state index contributed by atoms with van der Waals surface area (Å²) in [5.41, 5.74) is 1.63. The molecule has 1 heterocycles. The lowest BCUT2D eigenvalue weighted by molar-refractivity contribution is -0.138. The van der Waals surface area contributed by atoms with Crippen molar-refractivity contribution in [2.24, 2.45) is 0 Å². The highest BCUT2D eigenvalue weighted by Gasteiger charge is 2.34. The van der Waals surface area contributed by atoms with Gasteiger partial charge in [0.25, 0.3) is 5.91 Å². The number of carbonyl (C=O) groups is 1. The number of nitrogens with zero attached hydrogens (tertiary/aromatic N) is 1. The van der Waals surface area contributed by atoms with Crippen molar-refractivity contribution in [2.75, 3.05) is 5.32 Å². The van der Waals surface area contributed by atoms with Crippen LogP contribution in [0.25, 0.3) is 0 Å². The first-order chi connectivity index (χ1) is 14.1. The second kappa shape index (κ2) is 8.57. The summed E-state index contributed by atoms with van der Waals surface area (Å²) < 4.78 is 44.7. The minimum absolute atomic E-state index is 0.226.